The molecular weight excluding hydrogens is 228 g/mol. The molecule has 2 fully saturated rings. The predicted molar refractivity (Wildman–Crippen MR) is 69.9 cm³/mol. The molecule has 1 heterocycles. The fraction of sp³-hybridized carbons (Fsp3) is 0.857. The molecule has 4 nitrogen and oxygen atoms in total. The topological polar surface area (TPSA) is 49.4 Å². The molecule has 1 aliphatic heterocycles. The maximum Gasteiger partial charge on any atom is 0.226 e. The van der Waals surface area contributed by atoms with E-state index in [1.54, 1.807) is 0 Å². The lowest BCUT2D eigenvalue weighted by Crippen LogP contribution is -2.38. The first-order valence-corrected chi connectivity index (χ1v) is 7.16. The zero-order valence-corrected chi connectivity index (χ0v) is 11.4. The molecule has 18 heavy (non-hydrogen) atoms. The van der Waals surface area contributed by atoms with Gasteiger partial charge in [0.2, 0.25) is 11.8 Å². The smallest absolute Gasteiger partial charge is 0.226 e. The van der Waals surface area contributed by atoms with Crippen molar-refractivity contribution in [2.24, 2.45) is 17.8 Å². The Labute approximate surface area is 109 Å². The highest BCUT2D eigenvalue weighted by Crippen LogP contribution is 2.40. The fourth-order valence-electron chi connectivity index (χ4n) is 2.54. The lowest BCUT2D eigenvalue weighted by atomic mass is 10.1. The minimum atomic E-state index is -0.0572. The number of piperidine rings is 1. The van der Waals surface area contributed by atoms with E-state index in [4.69, 9.17) is 0 Å². The van der Waals surface area contributed by atoms with Gasteiger partial charge in [-0.3, -0.25) is 9.59 Å². The van der Waals surface area contributed by atoms with Gasteiger partial charge in [-0.1, -0.05) is 13.8 Å². The van der Waals surface area contributed by atoms with E-state index >= 15 is 0 Å². The Morgan fingerprint density at radius 3 is 2.44 bits per heavy atom. The zero-order chi connectivity index (χ0) is 13.1. The van der Waals surface area contributed by atoms with E-state index in [2.05, 4.69) is 19.2 Å². The van der Waals surface area contributed by atoms with Gasteiger partial charge in [0.1, 0.15) is 0 Å². The number of rotatable bonds is 4. The maximum absolute atomic E-state index is 12.2. The molecule has 0 bridgehead atoms. The Morgan fingerprint density at radius 2 is 1.83 bits per heavy atom. The maximum atomic E-state index is 12.2. The first-order chi connectivity index (χ1) is 8.59. The van der Waals surface area contributed by atoms with E-state index in [0.717, 1.165) is 32.4 Å². The predicted octanol–water partition coefficient (Wildman–Crippen LogP) is 1.41. The van der Waals surface area contributed by atoms with Gasteiger partial charge < -0.3 is 10.2 Å². The number of carbonyl (C=O) groups excluding carboxylic acids is 2. The van der Waals surface area contributed by atoms with Gasteiger partial charge in [-0.05, 0) is 31.6 Å². The van der Waals surface area contributed by atoms with Crippen LogP contribution in [-0.4, -0.2) is 36.3 Å². The third-order valence-electron chi connectivity index (χ3n) is 3.80. The van der Waals surface area contributed by atoms with Crippen LogP contribution in [0.1, 0.15) is 39.5 Å². The van der Waals surface area contributed by atoms with Crippen LogP contribution in [-0.2, 0) is 9.59 Å². The number of carbonyl (C=O) groups is 2. The molecule has 2 unspecified atom stereocenters. The van der Waals surface area contributed by atoms with Crippen molar-refractivity contribution in [2.45, 2.75) is 39.5 Å². The Kier molecular flexibility index (Phi) is 4.25. The van der Waals surface area contributed by atoms with Crippen LogP contribution in [0.2, 0.25) is 0 Å². The van der Waals surface area contributed by atoms with Crippen LogP contribution in [0.3, 0.4) is 0 Å². The molecule has 0 radical (unpaired) electrons. The van der Waals surface area contributed by atoms with Crippen LogP contribution in [0, 0.1) is 17.8 Å². The third-order valence-corrected chi connectivity index (χ3v) is 3.80. The highest BCUT2D eigenvalue weighted by atomic mass is 16.2. The number of nitrogens with one attached hydrogen (secondary N) is 1. The Morgan fingerprint density at radius 1 is 1.17 bits per heavy atom. The molecule has 2 atom stereocenters. The molecule has 1 N–H and O–H groups in total. The number of hydrogen-bond acceptors (Lipinski definition) is 2. The average molecular weight is 252 g/mol. The van der Waals surface area contributed by atoms with Crippen LogP contribution in [0.15, 0.2) is 0 Å². The largest absolute Gasteiger partial charge is 0.356 e. The first kappa shape index (κ1) is 13.4. The van der Waals surface area contributed by atoms with Crippen molar-refractivity contribution in [1.29, 1.82) is 0 Å². The number of nitrogens with zero attached hydrogens (tertiary/aromatic N) is 1. The highest BCUT2D eigenvalue weighted by Gasteiger charge is 2.49. The second-order valence-corrected chi connectivity index (χ2v) is 5.97. The lowest BCUT2D eigenvalue weighted by molar-refractivity contribution is -0.135. The average Bonchev–Trinajstić information content (AvgIpc) is 3.16. The molecule has 4 heteroatoms. The molecular formula is C14H24N2O2. The van der Waals surface area contributed by atoms with Gasteiger partial charge in [0.25, 0.3) is 0 Å². The van der Waals surface area contributed by atoms with Gasteiger partial charge in [-0.25, -0.2) is 0 Å². The van der Waals surface area contributed by atoms with Crippen LogP contribution in [0.25, 0.3) is 0 Å². The van der Waals surface area contributed by atoms with Crippen molar-refractivity contribution in [3.05, 3.63) is 0 Å². The summed E-state index contributed by atoms with van der Waals surface area (Å²) in [4.78, 5) is 25.9. The van der Waals surface area contributed by atoms with Crippen molar-refractivity contribution in [3.63, 3.8) is 0 Å². The Bertz CT molecular complexity index is 322. The van der Waals surface area contributed by atoms with Crippen molar-refractivity contribution in [1.82, 2.24) is 10.2 Å². The molecule has 102 valence electrons. The number of amides is 2. The molecule has 0 aromatic heterocycles. The van der Waals surface area contributed by atoms with Crippen molar-refractivity contribution in [3.8, 4) is 0 Å². The first-order valence-electron chi connectivity index (χ1n) is 7.16. The number of hydrogen-bond donors (Lipinski definition) is 1. The molecule has 1 saturated heterocycles. The van der Waals surface area contributed by atoms with E-state index in [9.17, 15) is 9.59 Å². The molecule has 2 rings (SSSR count). The SMILES string of the molecule is CC(C)CNC(=O)C1CC1C(=O)N1CCCCC1. The van der Waals surface area contributed by atoms with Gasteiger partial charge >= 0.3 is 0 Å². The van der Waals surface area contributed by atoms with Gasteiger partial charge in [-0.2, -0.15) is 0 Å². The summed E-state index contributed by atoms with van der Waals surface area (Å²) in [6, 6.07) is 0. The van der Waals surface area contributed by atoms with Crippen LogP contribution in [0.5, 0.6) is 0 Å². The minimum absolute atomic E-state index is 0.0322. The van der Waals surface area contributed by atoms with Gasteiger partial charge in [0, 0.05) is 19.6 Å². The summed E-state index contributed by atoms with van der Waals surface area (Å²) >= 11 is 0. The van der Waals surface area contributed by atoms with Crippen molar-refractivity contribution < 1.29 is 9.59 Å². The lowest BCUT2D eigenvalue weighted by Gasteiger charge is -2.26. The summed E-state index contributed by atoms with van der Waals surface area (Å²) in [6.45, 7) is 6.62. The molecule has 2 aliphatic rings. The summed E-state index contributed by atoms with van der Waals surface area (Å²) < 4.78 is 0. The van der Waals surface area contributed by atoms with E-state index in [1.165, 1.54) is 6.42 Å². The van der Waals surface area contributed by atoms with Crippen molar-refractivity contribution in [2.75, 3.05) is 19.6 Å². The highest BCUT2D eigenvalue weighted by molar-refractivity contribution is 5.92. The van der Waals surface area contributed by atoms with E-state index in [0.29, 0.717) is 12.5 Å². The van der Waals surface area contributed by atoms with E-state index in [1.807, 2.05) is 4.90 Å². The quantitative estimate of drug-likeness (QED) is 0.822. The molecule has 0 aromatic rings. The van der Waals surface area contributed by atoms with Crippen LogP contribution < -0.4 is 5.32 Å². The minimum Gasteiger partial charge on any atom is -0.356 e. The van der Waals surface area contributed by atoms with E-state index < -0.39 is 0 Å². The summed E-state index contributed by atoms with van der Waals surface area (Å²) in [6.07, 6.45) is 4.21. The zero-order valence-electron chi connectivity index (χ0n) is 11.4. The van der Waals surface area contributed by atoms with Gasteiger partial charge in [0.05, 0.1) is 11.8 Å². The van der Waals surface area contributed by atoms with E-state index in [-0.39, 0.29) is 23.7 Å². The standard InChI is InChI=1S/C14H24N2O2/c1-10(2)9-15-13(17)11-8-12(11)14(18)16-6-4-3-5-7-16/h10-12H,3-9H2,1-2H3,(H,15,17). The van der Waals surface area contributed by atoms with Crippen LogP contribution >= 0.6 is 0 Å². The second kappa shape index (κ2) is 5.72. The molecule has 0 spiro atoms. The molecule has 1 saturated carbocycles. The third kappa shape index (κ3) is 3.24. The van der Waals surface area contributed by atoms with Crippen LogP contribution in [0.4, 0.5) is 0 Å². The molecule has 2 amide bonds. The van der Waals surface area contributed by atoms with Crippen molar-refractivity contribution >= 4 is 11.8 Å². The molecule has 0 aromatic carbocycles. The Hall–Kier alpha value is -1.06. The van der Waals surface area contributed by atoms with Gasteiger partial charge in [0.15, 0.2) is 0 Å². The molecule has 1 aliphatic carbocycles. The second-order valence-electron chi connectivity index (χ2n) is 5.97. The summed E-state index contributed by atoms with van der Waals surface area (Å²) in [5.74, 6) is 0.649. The normalized spacial score (nSPS) is 27.2. The van der Waals surface area contributed by atoms with Gasteiger partial charge in [-0.15, -0.1) is 0 Å². The Balaban J connectivity index is 1.75. The summed E-state index contributed by atoms with van der Waals surface area (Å²) in [5, 5.41) is 2.92. The summed E-state index contributed by atoms with van der Waals surface area (Å²) in [5.41, 5.74) is 0. The fourth-order valence-corrected chi connectivity index (χ4v) is 2.54. The monoisotopic (exact) mass is 252 g/mol. The summed E-state index contributed by atoms with van der Waals surface area (Å²) in [7, 11) is 0. The number of likely N-dealkylation sites (tertiary alicyclic amines) is 1.